The van der Waals surface area contributed by atoms with Crippen LogP contribution >= 0.6 is 0 Å². The third kappa shape index (κ3) is 11.1. The Morgan fingerprint density at radius 1 is 0.704 bits per heavy atom. The van der Waals surface area contributed by atoms with Crippen molar-refractivity contribution in [1.29, 1.82) is 0 Å². The molecule has 0 radical (unpaired) electrons. The van der Waals surface area contributed by atoms with Crippen LogP contribution in [0.3, 0.4) is 0 Å². The molecule has 0 aliphatic carbocycles. The predicted octanol–water partition coefficient (Wildman–Crippen LogP) is 6.18. The van der Waals surface area contributed by atoms with Crippen LogP contribution in [0, 0.1) is 0 Å². The Kier molecular flexibility index (Phi) is 14.1. The van der Waals surface area contributed by atoms with E-state index < -0.39 is 5.97 Å². The number of para-hydroxylation sites is 1. The first kappa shape index (κ1) is 38.9. The Morgan fingerprint density at radius 2 is 1.43 bits per heavy atom. The fourth-order valence-electron chi connectivity index (χ4n) is 5.91. The van der Waals surface area contributed by atoms with E-state index in [0.29, 0.717) is 52.9 Å². The van der Waals surface area contributed by atoms with Gasteiger partial charge in [0.2, 0.25) is 5.91 Å². The molecule has 0 saturated heterocycles. The maximum absolute atomic E-state index is 13.7. The van der Waals surface area contributed by atoms with Crippen LogP contribution in [-0.4, -0.2) is 61.5 Å². The second-order valence-electron chi connectivity index (χ2n) is 12.6. The van der Waals surface area contributed by atoms with Gasteiger partial charge in [-0.05, 0) is 85.3 Å². The van der Waals surface area contributed by atoms with Gasteiger partial charge in [0, 0.05) is 48.2 Å². The summed E-state index contributed by atoms with van der Waals surface area (Å²) in [5.41, 5.74) is 5.73. The zero-order valence-corrected chi connectivity index (χ0v) is 30.5. The highest BCUT2D eigenvalue weighted by Gasteiger charge is 2.21. The molecular formula is C42H45N5O7. The second-order valence-corrected chi connectivity index (χ2v) is 12.6. The lowest BCUT2D eigenvalue weighted by atomic mass is 10.0. The molecule has 0 aliphatic heterocycles. The van der Waals surface area contributed by atoms with Crippen LogP contribution in [0.4, 0.5) is 11.5 Å². The topological polar surface area (TPSA) is 168 Å². The van der Waals surface area contributed by atoms with Crippen LogP contribution in [0.25, 0.3) is 10.9 Å². The number of fused-ring (bicyclic) bond motifs is 1. The van der Waals surface area contributed by atoms with Crippen molar-refractivity contribution in [2.75, 3.05) is 37.4 Å². The molecule has 54 heavy (non-hydrogen) atoms. The number of benzene rings is 4. The standard InChI is InChI=1S/C42H45N5O7/c1-3-54-37(49)23-22-36(48)44-25-24-43-27-30-10-7-11-32(26-30)40(50)47-39-38(34-12-4-5-13-35(34)46-39)41(51)45-33-20-16-29(17-21-33)9-6-8-28-14-18-31(19-15-28)42(52)53-2/h4-5,7,10-21,26,43,46H,3,6,8-9,22-25,27H2,1-2H3,(H,44,48)(H,45,51)(H,47,50). The third-order valence-electron chi connectivity index (χ3n) is 8.69. The van der Waals surface area contributed by atoms with Crippen molar-refractivity contribution < 1.29 is 33.4 Å². The quantitative estimate of drug-likeness (QED) is 0.0526. The lowest BCUT2D eigenvalue weighted by molar-refractivity contribution is -0.144. The van der Waals surface area contributed by atoms with E-state index in [0.717, 1.165) is 36.0 Å². The molecule has 0 saturated carbocycles. The van der Waals surface area contributed by atoms with Crippen molar-refractivity contribution in [2.45, 2.75) is 45.6 Å². The molecule has 280 valence electrons. The number of carbonyl (C=O) groups is 5. The third-order valence-corrected chi connectivity index (χ3v) is 8.69. The van der Waals surface area contributed by atoms with E-state index in [1.807, 2.05) is 66.7 Å². The highest BCUT2D eigenvalue weighted by Crippen LogP contribution is 2.28. The monoisotopic (exact) mass is 731 g/mol. The Balaban J connectivity index is 1.14. The van der Waals surface area contributed by atoms with Crippen molar-refractivity contribution >= 4 is 52.1 Å². The van der Waals surface area contributed by atoms with Crippen LogP contribution in [0.1, 0.15) is 74.0 Å². The number of amides is 3. The van der Waals surface area contributed by atoms with Crippen molar-refractivity contribution in [3.05, 3.63) is 130 Å². The molecule has 0 fully saturated rings. The average Bonchev–Trinajstić information content (AvgIpc) is 3.55. The molecule has 0 atom stereocenters. The summed E-state index contributed by atoms with van der Waals surface area (Å²) < 4.78 is 9.60. The van der Waals surface area contributed by atoms with Gasteiger partial charge in [-0.2, -0.15) is 0 Å². The molecule has 12 heteroatoms. The van der Waals surface area contributed by atoms with Gasteiger partial charge in [-0.15, -0.1) is 0 Å². The van der Waals surface area contributed by atoms with Gasteiger partial charge in [0.25, 0.3) is 11.8 Å². The molecule has 1 aromatic heterocycles. The Bertz CT molecular complexity index is 2070. The van der Waals surface area contributed by atoms with Gasteiger partial charge in [0.1, 0.15) is 5.82 Å². The predicted molar refractivity (Wildman–Crippen MR) is 207 cm³/mol. The number of rotatable bonds is 18. The molecular weight excluding hydrogens is 686 g/mol. The molecule has 0 aliphatic rings. The summed E-state index contributed by atoms with van der Waals surface area (Å²) in [5, 5.41) is 12.6. The summed E-state index contributed by atoms with van der Waals surface area (Å²) >= 11 is 0. The Labute approximate surface area is 314 Å². The van der Waals surface area contributed by atoms with Crippen molar-refractivity contribution in [3.8, 4) is 0 Å². The van der Waals surface area contributed by atoms with Crippen molar-refractivity contribution in [3.63, 3.8) is 0 Å². The molecule has 5 rings (SSSR count). The van der Waals surface area contributed by atoms with E-state index in [2.05, 4.69) is 26.3 Å². The van der Waals surface area contributed by atoms with E-state index in [4.69, 9.17) is 9.47 Å². The van der Waals surface area contributed by atoms with Gasteiger partial charge in [0.15, 0.2) is 0 Å². The number of hydrogen-bond acceptors (Lipinski definition) is 8. The van der Waals surface area contributed by atoms with Crippen molar-refractivity contribution in [2.24, 2.45) is 0 Å². The number of ether oxygens (including phenoxy) is 2. The van der Waals surface area contributed by atoms with Crippen molar-refractivity contribution in [1.82, 2.24) is 15.6 Å². The van der Waals surface area contributed by atoms with Gasteiger partial charge in [-0.25, -0.2) is 4.79 Å². The molecule has 3 amide bonds. The number of carbonyl (C=O) groups excluding carboxylic acids is 5. The number of aryl methyl sites for hydroxylation is 2. The highest BCUT2D eigenvalue weighted by atomic mass is 16.5. The number of aromatic amines is 1. The van der Waals surface area contributed by atoms with Crippen LogP contribution < -0.4 is 21.3 Å². The largest absolute Gasteiger partial charge is 0.466 e. The fourth-order valence-corrected chi connectivity index (χ4v) is 5.91. The van der Waals surface area contributed by atoms with E-state index in [9.17, 15) is 24.0 Å². The summed E-state index contributed by atoms with van der Waals surface area (Å²) in [6.07, 6.45) is 2.74. The summed E-state index contributed by atoms with van der Waals surface area (Å²) in [6, 6.07) is 29.6. The van der Waals surface area contributed by atoms with Gasteiger partial charge in [-0.1, -0.05) is 54.6 Å². The fraction of sp³-hybridized carbons (Fsp3) is 0.262. The van der Waals surface area contributed by atoms with Crippen LogP contribution in [0.2, 0.25) is 0 Å². The number of aromatic nitrogens is 1. The minimum absolute atomic E-state index is 0.0436. The zero-order valence-electron chi connectivity index (χ0n) is 30.5. The number of nitrogens with one attached hydrogen (secondary N) is 5. The SMILES string of the molecule is CCOC(=O)CCC(=O)NCCNCc1cccc(C(=O)Nc2[nH]c3ccccc3c2C(=O)Nc2ccc(CCCc3ccc(C(=O)OC)cc3)cc2)c1. The number of H-pyrrole nitrogens is 1. The molecule has 5 aromatic rings. The van der Waals surface area contributed by atoms with Crippen LogP contribution in [-0.2, 0) is 38.4 Å². The summed E-state index contributed by atoms with van der Waals surface area (Å²) in [5.74, 6) is -1.43. The summed E-state index contributed by atoms with van der Waals surface area (Å²) in [4.78, 5) is 65.4. The Hall–Kier alpha value is -6.27. The normalized spacial score (nSPS) is 10.8. The first-order valence-electron chi connectivity index (χ1n) is 18.0. The second kappa shape index (κ2) is 19.5. The van der Waals surface area contributed by atoms with Crippen LogP contribution in [0.15, 0.2) is 97.1 Å². The van der Waals surface area contributed by atoms with E-state index in [1.54, 1.807) is 37.3 Å². The minimum Gasteiger partial charge on any atom is -0.466 e. The average molecular weight is 732 g/mol. The highest BCUT2D eigenvalue weighted by molar-refractivity contribution is 6.19. The number of hydrogen-bond donors (Lipinski definition) is 5. The smallest absolute Gasteiger partial charge is 0.337 e. The summed E-state index contributed by atoms with van der Waals surface area (Å²) in [7, 11) is 1.37. The molecule has 0 spiro atoms. The van der Waals surface area contributed by atoms with E-state index in [1.165, 1.54) is 7.11 Å². The first-order valence-corrected chi connectivity index (χ1v) is 18.0. The van der Waals surface area contributed by atoms with Gasteiger partial charge in [-0.3, -0.25) is 19.2 Å². The van der Waals surface area contributed by atoms with Gasteiger partial charge in [0.05, 0.1) is 31.3 Å². The number of esters is 2. The first-order chi connectivity index (χ1) is 26.2. The number of anilines is 2. The number of methoxy groups -OCH3 is 1. The lowest BCUT2D eigenvalue weighted by Gasteiger charge is -2.11. The molecule has 12 nitrogen and oxygen atoms in total. The lowest BCUT2D eigenvalue weighted by Crippen LogP contribution is -2.31. The van der Waals surface area contributed by atoms with Gasteiger partial charge < -0.3 is 35.7 Å². The maximum Gasteiger partial charge on any atom is 0.337 e. The molecule has 5 N–H and O–H groups in total. The maximum atomic E-state index is 13.7. The van der Waals surface area contributed by atoms with Gasteiger partial charge >= 0.3 is 11.9 Å². The minimum atomic E-state index is -0.396. The van der Waals surface area contributed by atoms with Crippen LogP contribution in [0.5, 0.6) is 0 Å². The molecule has 0 bridgehead atoms. The summed E-state index contributed by atoms with van der Waals surface area (Å²) in [6.45, 7) is 3.34. The molecule has 0 unspecified atom stereocenters. The Morgan fingerprint density at radius 3 is 2.15 bits per heavy atom. The van der Waals surface area contributed by atoms with E-state index in [-0.39, 0.29) is 49.0 Å². The van der Waals surface area contributed by atoms with E-state index >= 15 is 0 Å². The molecule has 1 heterocycles. The zero-order chi connectivity index (χ0) is 38.3. The molecule has 4 aromatic carbocycles.